The van der Waals surface area contributed by atoms with Gasteiger partial charge in [-0.05, 0) is 136 Å². The lowest BCUT2D eigenvalue weighted by molar-refractivity contribution is 1.01. The number of thiophene rings is 1. The van der Waals surface area contributed by atoms with E-state index in [9.17, 15) is 0 Å². The molecule has 0 radical (unpaired) electrons. The van der Waals surface area contributed by atoms with E-state index >= 15 is 0 Å². The highest BCUT2D eigenvalue weighted by Crippen LogP contribution is 2.42. The normalized spacial score (nSPS) is 12.3. The largest absolute Gasteiger partial charge is 0.344 e. The molecule has 5 aromatic rings. The highest BCUT2D eigenvalue weighted by molar-refractivity contribution is 7.24. The number of aromatic nitrogens is 3. The average molecular weight is 578 g/mol. The Morgan fingerprint density at radius 3 is 1.28 bits per heavy atom. The summed E-state index contributed by atoms with van der Waals surface area (Å²) in [6, 6.07) is 22.3. The Labute approximate surface area is 257 Å². The van der Waals surface area contributed by atoms with Gasteiger partial charge >= 0.3 is 0 Å². The van der Waals surface area contributed by atoms with E-state index < -0.39 is 0 Å². The van der Waals surface area contributed by atoms with Crippen molar-refractivity contribution in [2.24, 2.45) is 7.05 Å². The van der Waals surface area contributed by atoms with E-state index in [0.29, 0.717) is 0 Å². The third-order valence-corrected chi connectivity index (χ3v) is 9.70. The maximum Gasteiger partial charge on any atom is 0.0730 e. The van der Waals surface area contributed by atoms with Crippen molar-refractivity contribution in [2.75, 3.05) is 0 Å². The Morgan fingerprint density at radius 2 is 0.884 bits per heavy atom. The Morgan fingerprint density at radius 1 is 0.488 bits per heavy atom. The fourth-order valence-corrected chi connectivity index (χ4v) is 7.97. The smallest absolute Gasteiger partial charge is 0.0730 e. The van der Waals surface area contributed by atoms with Crippen molar-refractivity contribution in [3.63, 3.8) is 0 Å². The molecule has 0 saturated heterocycles. The van der Waals surface area contributed by atoms with Crippen LogP contribution in [0.15, 0.2) is 60.7 Å². The van der Waals surface area contributed by atoms with Gasteiger partial charge in [-0.2, -0.15) is 0 Å². The van der Waals surface area contributed by atoms with Gasteiger partial charge in [0.25, 0.3) is 0 Å². The van der Waals surface area contributed by atoms with Gasteiger partial charge in [0.2, 0.25) is 0 Å². The molecule has 212 valence electrons. The van der Waals surface area contributed by atoms with E-state index in [-0.39, 0.29) is 0 Å². The lowest BCUT2D eigenvalue weighted by Crippen LogP contribution is -1.93. The van der Waals surface area contributed by atoms with E-state index in [4.69, 9.17) is 9.97 Å². The quantitative estimate of drug-likeness (QED) is 0.205. The van der Waals surface area contributed by atoms with Gasteiger partial charge in [0, 0.05) is 38.6 Å². The number of aryl methyl sites for hydroxylation is 7. The van der Waals surface area contributed by atoms with Gasteiger partial charge in [0.05, 0.1) is 22.8 Å². The lowest BCUT2D eigenvalue weighted by Gasteiger charge is -2.13. The summed E-state index contributed by atoms with van der Waals surface area (Å²) in [5, 5.41) is 0. The zero-order valence-electron chi connectivity index (χ0n) is 25.8. The molecule has 0 aliphatic carbocycles. The molecule has 2 aliphatic heterocycles. The zero-order valence-corrected chi connectivity index (χ0v) is 26.6. The van der Waals surface area contributed by atoms with Crippen molar-refractivity contribution < 1.29 is 0 Å². The zero-order chi connectivity index (χ0) is 30.0. The lowest BCUT2D eigenvalue weighted by atomic mass is 9.93. The highest BCUT2D eigenvalue weighted by atomic mass is 32.1. The van der Waals surface area contributed by atoms with Gasteiger partial charge in [0.15, 0.2) is 0 Å². The number of benzene rings is 2. The van der Waals surface area contributed by atoms with Crippen LogP contribution >= 0.6 is 11.3 Å². The maximum absolute atomic E-state index is 5.21. The van der Waals surface area contributed by atoms with Crippen LogP contribution in [0.1, 0.15) is 56.2 Å². The summed E-state index contributed by atoms with van der Waals surface area (Å²) >= 11 is 1.83. The Kier molecular flexibility index (Phi) is 6.55. The van der Waals surface area contributed by atoms with Crippen LogP contribution in [0.4, 0.5) is 0 Å². The minimum absolute atomic E-state index is 0.957. The number of hydrogen-bond donors (Lipinski definition) is 0. The molecular weight excluding hydrogens is 543 g/mol. The molecule has 0 spiro atoms. The predicted octanol–water partition coefficient (Wildman–Crippen LogP) is 10.6. The summed E-state index contributed by atoms with van der Waals surface area (Å²) < 4.78 is 4.62. The standard InChI is InChI=1S/C39H35N3S/c1-22-16-24(3)36(25(4)17-22)38-32-12-8-28(40-32)20-30-10-11-31(42(30)7)21-29-9-13-33(41-29)39(35-15-14-34(38)43-35)37-26(5)18-23(2)19-27(37)6/h8-21H,1-7H3. The van der Waals surface area contributed by atoms with Crippen LogP contribution in [0.5, 0.6) is 0 Å². The van der Waals surface area contributed by atoms with Crippen LogP contribution in [-0.4, -0.2) is 14.5 Å². The highest BCUT2D eigenvalue weighted by Gasteiger charge is 2.19. The van der Waals surface area contributed by atoms with Crippen molar-refractivity contribution in [3.05, 3.63) is 117 Å². The van der Waals surface area contributed by atoms with Crippen LogP contribution in [-0.2, 0) is 7.05 Å². The third-order valence-electron chi connectivity index (χ3n) is 8.58. The number of hydrogen-bond acceptors (Lipinski definition) is 3. The molecule has 0 unspecified atom stereocenters. The number of fused-ring (bicyclic) bond motifs is 8. The van der Waals surface area contributed by atoms with E-state index in [1.165, 1.54) is 65.0 Å². The molecule has 7 rings (SSSR count). The molecule has 43 heavy (non-hydrogen) atoms. The van der Waals surface area contributed by atoms with E-state index in [1.807, 2.05) is 11.3 Å². The molecule has 0 saturated carbocycles. The fraction of sp³-hybridized carbons (Fsp3) is 0.179. The van der Waals surface area contributed by atoms with Crippen molar-refractivity contribution in [2.45, 2.75) is 41.5 Å². The molecule has 0 amide bonds. The average Bonchev–Trinajstić information content (AvgIpc) is 3.74. The number of nitrogens with zero attached hydrogens (tertiary/aromatic N) is 3. The predicted molar refractivity (Wildman–Crippen MR) is 186 cm³/mol. The molecule has 0 fully saturated rings. The molecule has 5 heterocycles. The molecule has 3 nitrogen and oxygen atoms in total. The van der Waals surface area contributed by atoms with Crippen molar-refractivity contribution in [1.82, 2.24) is 14.5 Å². The summed E-state index contributed by atoms with van der Waals surface area (Å²) in [6.45, 7) is 13.2. The SMILES string of the molecule is Cc1cc(C)c(-c2c3nc(cc4ccc(cc5nc(c(-c6c(C)cc(C)cc6C)c6ccc2s6)C=C5)n4C)C=C3)c(C)c1. The van der Waals surface area contributed by atoms with Crippen molar-refractivity contribution >= 4 is 56.1 Å². The first-order chi connectivity index (χ1) is 20.7. The Bertz CT molecular complexity index is 2010. The van der Waals surface area contributed by atoms with E-state index in [0.717, 1.165) is 33.8 Å². The molecule has 2 aromatic carbocycles. The molecule has 2 aliphatic rings. The molecule has 8 bridgehead atoms. The maximum atomic E-state index is 5.21. The summed E-state index contributed by atoms with van der Waals surface area (Å²) in [5.74, 6) is 0. The van der Waals surface area contributed by atoms with Crippen molar-refractivity contribution in [1.29, 1.82) is 0 Å². The summed E-state index contributed by atoms with van der Waals surface area (Å²) in [7, 11) is 2.11. The van der Waals surface area contributed by atoms with Gasteiger partial charge in [-0.1, -0.05) is 35.4 Å². The Balaban J connectivity index is 1.69. The minimum atomic E-state index is 0.957. The Hall–Kier alpha value is -4.54. The van der Waals surface area contributed by atoms with Gasteiger partial charge in [-0.25, -0.2) is 9.97 Å². The first kappa shape index (κ1) is 27.3. The van der Waals surface area contributed by atoms with Gasteiger partial charge in [-0.15, -0.1) is 11.3 Å². The monoisotopic (exact) mass is 577 g/mol. The van der Waals surface area contributed by atoms with Crippen LogP contribution in [0.2, 0.25) is 0 Å². The second-order valence-corrected chi connectivity index (χ2v) is 13.1. The van der Waals surface area contributed by atoms with E-state index in [2.05, 4.69) is 138 Å². The first-order valence-electron chi connectivity index (χ1n) is 14.8. The second kappa shape index (κ2) is 10.3. The third kappa shape index (κ3) is 4.76. The van der Waals surface area contributed by atoms with Crippen molar-refractivity contribution in [3.8, 4) is 22.3 Å². The van der Waals surface area contributed by atoms with E-state index in [1.54, 1.807) is 0 Å². The summed E-state index contributed by atoms with van der Waals surface area (Å²) in [5.41, 5.74) is 18.7. The van der Waals surface area contributed by atoms with Crippen LogP contribution in [0.25, 0.3) is 67.0 Å². The van der Waals surface area contributed by atoms with Gasteiger partial charge in [-0.3, -0.25) is 0 Å². The molecular formula is C39H35N3S. The minimum Gasteiger partial charge on any atom is -0.344 e. The fourth-order valence-electron chi connectivity index (χ4n) is 6.84. The van der Waals surface area contributed by atoms with Crippen LogP contribution < -0.4 is 0 Å². The van der Waals surface area contributed by atoms with Gasteiger partial charge in [0.1, 0.15) is 0 Å². The molecule has 4 heteroatoms. The van der Waals surface area contributed by atoms with Gasteiger partial charge < -0.3 is 4.57 Å². The second-order valence-electron chi connectivity index (χ2n) is 12.0. The number of rotatable bonds is 2. The topological polar surface area (TPSA) is 30.7 Å². The summed E-state index contributed by atoms with van der Waals surface area (Å²) in [6.07, 6.45) is 8.63. The molecule has 3 aromatic heterocycles. The molecule has 0 atom stereocenters. The van der Waals surface area contributed by atoms with Crippen LogP contribution in [0, 0.1) is 41.5 Å². The molecule has 0 N–H and O–H groups in total. The first-order valence-corrected chi connectivity index (χ1v) is 15.6. The van der Waals surface area contributed by atoms with Crippen LogP contribution in [0.3, 0.4) is 0 Å². The summed E-state index contributed by atoms with van der Waals surface area (Å²) in [4.78, 5) is 10.4.